The molecule has 0 saturated heterocycles. The fourth-order valence-electron chi connectivity index (χ4n) is 3.77. The van der Waals surface area contributed by atoms with Crippen LogP contribution in [0.15, 0.2) is 77.9 Å². The molecule has 6 heteroatoms. The van der Waals surface area contributed by atoms with Crippen LogP contribution in [0.3, 0.4) is 0 Å². The third-order valence-electron chi connectivity index (χ3n) is 5.32. The number of ether oxygens (including phenoxy) is 3. The Morgan fingerprint density at radius 1 is 0.871 bits per heavy atom. The Kier molecular flexibility index (Phi) is 5.89. The van der Waals surface area contributed by atoms with E-state index < -0.39 is 0 Å². The summed E-state index contributed by atoms with van der Waals surface area (Å²) >= 11 is 0. The van der Waals surface area contributed by atoms with E-state index in [1.807, 2.05) is 60.7 Å². The fourth-order valence-corrected chi connectivity index (χ4v) is 3.77. The number of hydrogen-bond donors (Lipinski definition) is 0. The van der Waals surface area contributed by atoms with E-state index >= 15 is 0 Å². The first-order valence-electron chi connectivity index (χ1n) is 9.97. The lowest BCUT2D eigenvalue weighted by Crippen LogP contribution is -2.27. The van der Waals surface area contributed by atoms with Gasteiger partial charge in [0.25, 0.3) is 5.91 Å². The van der Waals surface area contributed by atoms with Crippen molar-refractivity contribution in [3.8, 4) is 17.2 Å². The molecule has 6 nitrogen and oxygen atoms in total. The zero-order valence-corrected chi connectivity index (χ0v) is 17.7. The molecule has 0 spiro atoms. The SMILES string of the molecule is COc1cc(C(=O)N2N=C(c3ccccc3)C[C@H]2c2ccccc2)cc(OC)c1OC. The lowest BCUT2D eigenvalue weighted by atomic mass is 9.98. The number of rotatable bonds is 6. The van der Waals surface area contributed by atoms with Crippen molar-refractivity contribution >= 4 is 11.6 Å². The van der Waals surface area contributed by atoms with Gasteiger partial charge in [-0.05, 0) is 23.3 Å². The topological polar surface area (TPSA) is 60.4 Å². The largest absolute Gasteiger partial charge is 0.493 e. The zero-order valence-electron chi connectivity index (χ0n) is 17.7. The average Bonchev–Trinajstić information content (AvgIpc) is 3.29. The van der Waals surface area contributed by atoms with Crippen LogP contribution in [0.1, 0.15) is 33.9 Å². The highest BCUT2D eigenvalue weighted by Gasteiger charge is 2.34. The third kappa shape index (κ3) is 3.97. The maximum absolute atomic E-state index is 13.6. The molecule has 1 atom stereocenters. The van der Waals surface area contributed by atoms with E-state index in [0.29, 0.717) is 29.2 Å². The molecule has 3 aromatic rings. The molecule has 0 saturated carbocycles. The molecule has 0 unspecified atom stereocenters. The van der Waals surface area contributed by atoms with E-state index in [-0.39, 0.29) is 11.9 Å². The first kappa shape index (κ1) is 20.5. The number of amides is 1. The van der Waals surface area contributed by atoms with E-state index in [9.17, 15) is 4.79 Å². The van der Waals surface area contributed by atoms with Crippen LogP contribution in [-0.4, -0.2) is 38.0 Å². The molecule has 0 radical (unpaired) electrons. The Hall–Kier alpha value is -3.80. The van der Waals surface area contributed by atoms with Gasteiger partial charge >= 0.3 is 0 Å². The van der Waals surface area contributed by atoms with Crippen LogP contribution in [0.25, 0.3) is 0 Å². The molecule has 0 bridgehead atoms. The van der Waals surface area contributed by atoms with Crippen LogP contribution in [-0.2, 0) is 0 Å². The highest BCUT2D eigenvalue weighted by molar-refractivity contribution is 6.05. The molecule has 31 heavy (non-hydrogen) atoms. The highest BCUT2D eigenvalue weighted by atomic mass is 16.5. The van der Waals surface area contributed by atoms with Crippen molar-refractivity contribution in [1.29, 1.82) is 0 Å². The quantitative estimate of drug-likeness (QED) is 0.584. The third-order valence-corrected chi connectivity index (χ3v) is 5.32. The summed E-state index contributed by atoms with van der Waals surface area (Å²) in [6.07, 6.45) is 0.629. The Labute approximate surface area is 181 Å². The van der Waals surface area contributed by atoms with Crippen LogP contribution in [0.5, 0.6) is 17.2 Å². The minimum Gasteiger partial charge on any atom is -0.493 e. The molecule has 0 aromatic heterocycles. The molecule has 1 amide bonds. The number of hydrazone groups is 1. The Morgan fingerprint density at radius 3 is 2.00 bits per heavy atom. The number of carbonyl (C=O) groups excluding carboxylic acids is 1. The molecule has 3 aromatic carbocycles. The fraction of sp³-hybridized carbons (Fsp3) is 0.200. The summed E-state index contributed by atoms with van der Waals surface area (Å²) in [5, 5.41) is 6.29. The second kappa shape index (κ2) is 8.92. The van der Waals surface area contributed by atoms with Crippen molar-refractivity contribution in [2.45, 2.75) is 12.5 Å². The first-order valence-corrected chi connectivity index (χ1v) is 9.97. The summed E-state index contributed by atoms with van der Waals surface area (Å²) in [5.41, 5.74) is 3.31. The van der Waals surface area contributed by atoms with E-state index in [2.05, 4.69) is 0 Å². The maximum Gasteiger partial charge on any atom is 0.274 e. The summed E-state index contributed by atoms with van der Waals surface area (Å²) in [4.78, 5) is 13.6. The predicted octanol–water partition coefficient (Wildman–Crippen LogP) is 4.70. The van der Waals surface area contributed by atoms with Crippen molar-refractivity contribution in [3.05, 3.63) is 89.5 Å². The molecular formula is C25H24N2O4. The van der Waals surface area contributed by atoms with Crippen molar-refractivity contribution in [3.63, 3.8) is 0 Å². The Balaban J connectivity index is 1.77. The number of nitrogens with zero attached hydrogens (tertiary/aromatic N) is 2. The van der Waals surface area contributed by atoms with Crippen LogP contribution < -0.4 is 14.2 Å². The number of hydrogen-bond acceptors (Lipinski definition) is 5. The number of benzene rings is 3. The predicted molar refractivity (Wildman–Crippen MR) is 119 cm³/mol. The Morgan fingerprint density at radius 2 is 1.45 bits per heavy atom. The van der Waals surface area contributed by atoms with Crippen LogP contribution in [0.4, 0.5) is 0 Å². The second-order valence-corrected chi connectivity index (χ2v) is 7.11. The summed E-state index contributed by atoms with van der Waals surface area (Å²) in [6.45, 7) is 0. The highest BCUT2D eigenvalue weighted by Crippen LogP contribution is 2.40. The molecule has 0 fully saturated rings. The normalized spacial score (nSPS) is 15.4. The number of carbonyl (C=O) groups is 1. The van der Waals surface area contributed by atoms with E-state index in [1.54, 1.807) is 17.1 Å². The van der Waals surface area contributed by atoms with Gasteiger partial charge in [0.1, 0.15) is 0 Å². The van der Waals surface area contributed by atoms with Crippen molar-refractivity contribution in [2.24, 2.45) is 5.10 Å². The van der Waals surface area contributed by atoms with Gasteiger partial charge in [0.05, 0.1) is 33.1 Å². The summed E-state index contributed by atoms with van der Waals surface area (Å²) in [7, 11) is 4.59. The zero-order chi connectivity index (χ0) is 21.8. The molecular weight excluding hydrogens is 392 g/mol. The van der Waals surface area contributed by atoms with Gasteiger partial charge in [0.2, 0.25) is 5.75 Å². The first-order chi connectivity index (χ1) is 15.2. The van der Waals surface area contributed by atoms with Gasteiger partial charge < -0.3 is 14.2 Å². The number of methoxy groups -OCH3 is 3. The van der Waals surface area contributed by atoms with Crippen LogP contribution >= 0.6 is 0 Å². The van der Waals surface area contributed by atoms with E-state index in [4.69, 9.17) is 19.3 Å². The molecule has 0 aliphatic carbocycles. The molecule has 1 aliphatic heterocycles. The van der Waals surface area contributed by atoms with Gasteiger partial charge in [0, 0.05) is 12.0 Å². The van der Waals surface area contributed by atoms with E-state index in [1.165, 1.54) is 21.3 Å². The monoisotopic (exact) mass is 416 g/mol. The smallest absolute Gasteiger partial charge is 0.274 e. The Bertz CT molecular complexity index is 1070. The second-order valence-electron chi connectivity index (χ2n) is 7.11. The molecule has 158 valence electrons. The lowest BCUT2D eigenvalue weighted by Gasteiger charge is -2.23. The van der Waals surface area contributed by atoms with Gasteiger partial charge in [-0.1, -0.05) is 60.7 Å². The van der Waals surface area contributed by atoms with Gasteiger partial charge in [-0.2, -0.15) is 5.10 Å². The average molecular weight is 416 g/mol. The lowest BCUT2D eigenvalue weighted by molar-refractivity contribution is 0.0710. The molecule has 4 rings (SSSR count). The molecule has 0 N–H and O–H groups in total. The van der Waals surface area contributed by atoms with Gasteiger partial charge in [-0.3, -0.25) is 4.79 Å². The standard InChI is InChI=1S/C25H24N2O4/c1-29-22-14-19(15-23(30-2)24(22)31-3)25(28)27-21(18-12-8-5-9-13-18)16-20(26-27)17-10-6-4-7-11-17/h4-15,21H,16H2,1-3H3/t21-/m0/s1. The van der Waals surface area contributed by atoms with Crippen molar-refractivity contribution in [1.82, 2.24) is 5.01 Å². The van der Waals surface area contributed by atoms with Crippen molar-refractivity contribution in [2.75, 3.05) is 21.3 Å². The van der Waals surface area contributed by atoms with E-state index in [0.717, 1.165) is 16.8 Å². The van der Waals surface area contributed by atoms with Crippen LogP contribution in [0, 0.1) is 0 Å². The summed E-state index contributed by atoms with van der Waals surface area (Å²) in [6, 6.07) is 23.0. The summed E-state index contributed by atoms with van der Waals surface area (Å²) in [5.74, 6) is 1.05. The maximum atomic E-state index is 13.6. The van der Waals surface area contributed by atoms with Gasteiger partial charge in [-0.15, -0.1) is 0 Å². The summed E-state index contributed by atoms with van der Waals surface area (Å²) < 4.78 is 16.2. The van der Waals surface area contributed by atoms with Gasteiger partial charge in [0.15, 0.2) is 11.5 Å². The van der Waals surface area contributed by atoms with Crippen LogP contribution in [0.2, 0.25) is 0 Å². The minimum atomic E-state index is -0.237. The van der Waals surface area contributed by atoms with Gasteiger partial charge in [-0.25, -0.2) is 5.01 Å². The van der Waals surface area contributed by atoms with Crippen molar-refractivity contribution < 1.29 is 19.0 Å². The molecule has 1 aliphatic rings. The molecule has 1 heterocycles. The minimum absolute atomic E-state index is 0.206.